The number of amides is 2. The fourth-order valence-corrected chi connectivity index (χ4v) is 5.72. The van der Waals surface area contributed by atoms with Gasteiger partial charge in [0.05, 0.1) is 35.9 Å². The van der Waals surface area contributed by atoms with Crippen molar-refractivity contribution in [2.45, 2.75) is 36.0 Å². The molecule has 3 atom stereocenters. The second kappa shape index (κ2) is 9.04. The van der Waals surface area contributed by atoms with Gasteiger partial charge in [-0.25, -0.2) is 13.2 Å². The highest BCUT2D eigenvalue weighted by Gasteiger charge is 2.49. The van der Waals surface area contributed by atoms with E-state index in [1.165, 1.54) is 16.4 Å². The summed E-state index contributed by atoms with van der Waals surface area (Å²) in [6.07, 6.45) is 1.01. The standard InChI is InChI=1S/C21H24ClN3O5S/c1-29-19-5-3-2-4-17(19)24-21(26)23-12-15-8-11-18-20(30-15)13-25(18)31(27,28)16-9-6-14(22)7-10-16/h2-7,9-10,15,18,20H,8,11-13H2,1H3,(H2,23,24,26)/t15-,18+,20+/m1/s1. The van der Waals surface area contributed by atoms with E-state index in [1.54, 1.807) is 31.4 Å². The lowest BCUT2D eigenvalue weighted by molar-refractivity contribution is -0.136. The number of rotatable bonds is 6. The van der Waals surface area contributed by atoms with E-state index >= 15 is 0 Å². The number of anilines is 1. The molecule has 166 valence electrons. The minimum absolute atomic E-state index is 0.162. The topological polar surface area (TPSA) is 97.0 Å². The lowest BCUT2D eigenvalue weighted by Gasteiger charge is -2.50. The highest BCUT2D eigenvalue weighted by Crippen LogP contribution is 2.36. The van der Waals surface area contributed by atoms with Crippen molar-refractivity contribution in [3.05, 3.63) is 53.6 Å². The van der Waals surface area contributed by atoms with E-state index in [9.17, 15) is 13.2 Å². The van der Waals surface area contributed by atoms with Crippen LogP contribution >= 0.6 is 11.6 Å². The van der Waals surface area contributed by atoms with Gasteiger partial charge in [-0.2, -0.15) is 4.31 Å². The van der Waals surface area contributed by atoms with E-state index in [0.29, 0.717) is 42.4 Å². The molecule has 2 heterocycles. The number of hydrogen-bond acceptors (Lipinski definition) is 5. The van der Waals surface area contributed by atoms with Crippen LogP contribution in [0.1, 0.15) is 12.8 Å². The Bertz CT molecular complexity index is 1050. The Kier molecular flexibility index (Phi) is 6.38. The number of ether oxygens (including phenoxy) is 2. The van der Waals surface area contributed by atoms with E-state index < -0.39 is 10.0 Å². The molecule has 0 unspecified atom stereocenters. The van der Waals surface area contributed by atoms with Crippen molar-refractivity contribution in [2.75, 3.05) is 25.5 Å². The predicted octanol–water partition coefficient (Wildman–Crippen LogP) is 3.09. The van der Waals surface area contributed by atoms with E-state index in [0.717, 1.165) is 0 Å². The summed E-state index contributed by atoms with van der Waals surface area (Å²) < 4.78 is 38.4. The lowest BCUT2D eigenvalue weighted by Crippen LogP contribution is -2.66. The number of benzene rings is 2. The van der Waals surface area contributed by atoms with Gasteiger partial charge in [0.25, 0.3) is 0 Å². The number of hydrogen-bond donors (Lipinski definition) is 2. The fraction of sp³-hybridized carbons (Fsp3) is 0.381. The smallest absolute Gasteiger partial charge is 0.319 e. The van der Waals surface area contributed by atoms with E-state index in [1.807, 2.05) is 12.1 Å². The molecule has 0 saturated carbocycles. The van der Waals surface area contributed by atoms with Crippen molar-refractivity contribution in [3.8, 4) is 5.75 Å². The Morgan fingerprint density at radius 3 is 2.65 bits per heavy atom. The van der Waals surface area contributed by atoms with Crippen LogP contribution in [0.25, 0.3) is 0 Å². The van der Waals surface area contributed by atoms with Gasteiger partial charge in [-0.15, -0.1) is 0 Å². The van der Waals surface area contributed by atoms with Crippen LogP contribution in [0.5, 0.6) is 5.75 Å². The first-order valence-corrected chi connectivity index (χ1v) is 11.8. The van der Waals surface area contributed by atoms with Crippen LogP contribution < -0.4 is 15.4 Å². The van der Waals surface area contributed by atoms with Crippen LogP contribution in [0.2, 0.25) is 5.02 Å². The van der Waals surface area contributed by atoms with Gasteiger partial charge in [0.1, 0.15) is 5.75 Å². The van der Waals surface area contributed by atoms with Crippen LogP contribution in [0.15, 0.2) is 53.4 Å². The van der Waals surface area contributed by atoms with Gasteiger partial charge in [0.15, 0.2) is 0 Å². The van der Waals surface area contributed by atoms with Gasteiger partial charge in [-0.05, 0) is 49.2 Å². The molecule has 0 bridgehead atoms. The van der Waals surface area contributed by atoms with Crippen molar-refractivity contribution in [2.24, 2.45) is 0 Å². The molecule has 2 aliphatic rings. The minimum atomic E-state index is -3.57. The van der Waals surface area contributed by atoms with Gasteiger partial charge >= 0.3 is 6.03 Å². The molecule has 2 saturated heterocycles. The fourth-order valence-electron chi connectivity index (χ4n) is 3.91. The summed E-state index contributed by atoms with van der Waals surface area (Å²) >= 11 is 5.86. The Hall–Kier alpha value is -2.33. The quantitative estimate of drug-likeness (QED) is 0.683. The second-order valence-corrected chi connectivity index (χ2v) is 9.83. The molecule has 0 radical (unpaired) electrons. The van der Waals surface area contributed by atoms with Crippen molar-refractivity contribution >= 4 is 33.3 Å². The van der Waals surface area contributed by atoms with Gasteiger partial charge in [0, 0.05) is 18.1 Å². The Morgan fingerprint density at radius 1 is 1.19 bits per heavy atom. The molecule has 2 fully saturated rings. The number of para-hydroxylation sites is 2. The van der Waals surface area contributed by atoms with Gasteiger partial charge in [-0.3, -0.25) is 0 Å². The third kappa shape index (κ3) is 4.64. The summed E-state index contributed by atoms with van der Waals surface area (Å²) in [5.41, 5.74) is 0.578. The Labute approximate surface area is 186 Å². The second-order valence-electron chi connectivity index (χ2n) is 7.51. The molecule has 2 aromatic rings. The van der Waals surface area contributed by atoms with Gasteiger partial charge in [-0.1, -0.05) is 23.7 Å². The van der Waals surface area contributed by atoms with E-state index in [4.69, 9.17) is 21.1 Å². The summed E-state index contributed by atoms with van der Waals surface area (Å²) in [5, 5.41) is 6.06. The Morgan fingerprint density at radius 2 is 1.94 bits per heavy atom. The number of sulfonamides is 1. The molecule has 2 aromatic carbocycles. The number of halogens is 1. The molecule has 2 aliphatic heterocycles. The highest BCUT2D eigenvalue weighted by atomic mass is 35.5. The highest BCUT2D eigenvalue weighted by molar-refractivity contribution is 7.89. The zero-order valence-electron chi connectivity index (χ0n) is 17.0. The predicted molar refractivity (Wildman–Crippen MR) is 117 cm³/mol. The zero-order valence-corrected chi connectivity index (χ0v) is 18.5. The summed E-state index contributed by atoms with van der Waals surface area (Å²) in [7, 11) is -2.03. The van der Waals surface area contributed by atoms with Crippen molar-refractivity contribution in [3.63, 3.8) is 0 Å². The number of carbonyl (C=O) groups is 1. The maximum atomic E-state index is 12.9. The molecule has 2 N–H and O–H groups in total. The number of urea groups is 1. The number of carbonyl (C=O) groups excluding carboxylic acids is 1. The zero-order chi connectivity index (χ0) is 22.0. The maximum Gasteiger partial charge on any atom is 0.319 e. The normalized spacial score (nSPS) is 23.4. The van der Waals surface area contributed by atoms with Crippen molar-refractivity contribution in [1.29, 1.82) is 0 Å². The third-order valence-corrected chi connectivity index (χ3v) is 7.73. The first-order chi connectivity index (χ1) is 14.9. The summed E-state index contributed by atoms with van der Waals surface area (Å²) in [5.74, 6) is 0.575. The number of nitrogens with one attached hydrogen (secondary N) is 2. The van der Waals surface area contributed by atoms with Crippen molar-refractivity contribution < 1.29 is 22.7 Å². The average Bonchev–Trinajstić information content (AvgIpc) is 2.74. The van der Waals surface area contributed by atoms with Crippen LogP contribution in [0.4, 0.5) is 10.5 Å². The Balaban J connectivity index is 1.27. The van der Waals surface area contributed by atoms with E-state index in [2.05, 4.69) is 10.6 Å². The van der Waals surface area contributed by atoms with Crippen LogP contribution in [-0.2, 0) is 14.8 Å². The first kappa shape index (κ1) is 21.9. The average molecular weight is 466 g/mol. The molecule has 31 heavy (non-hydrogen) atoms. The summed E-state index contributed by atoms with van der Waals surface area (Å²) in [6, 6.07) is 12.8. The largest absolute Gasteiger partial charge is 0.495 e. The molecule has 10 heteroatoms. The first-order valence-electron chi connectivity index (χ1n) is 9.99. The molecule has 0 aliphatic carbocycles. The van der Waals surface area contributed by atoms with Crippen LogP contribution in [0.3, 0.4) is 0 Å². The van der Waals surface area contributed by atoms with Crippen LogP contribution in [0, 0.1) is 0 Å². The number of nitrogens with zero attached hydrogens (tertiary/aromatic N) is 1. The van der Waals surface area contributed by atoms with Crippen LogP contribution in [-0.4, -0.2) is 57.2 Å². The van der Waals surface area contributed by atoms with Gasteiger partial charge < -0.3 is 20.1 Å². The maximum absolute atomic E-state index is 12.9. The van der Waals surface area contributed by atoms with E-state index in [-0.39, 0.29) is 29.2 Å². The summed E-state index contributed by atoms with van der Waals surface area (Å²) in [4.78, 5) is 12.4. The molecule has 8 nitrogen and oxygen atoms in total. The molecular formula is C21H24ClN3O5S. The van der Waals surface area contributed by atoms with Gasteiger partial charge in [0.2, 0.25) is 10.0 Å². The third-order valence-electron chi connectivity index (χ3n) is 5.58. The number of methoxy groups -OCH3 is 1. The molecule has 0 spiro atoms. The lowest BCUT2D eigenvalue weighted by atomic mass is 9.92. The molecule has 0 aromatic heterocycles. The van der Waals surface area contributed by atoms with Crippen molar-refractivity contribution in [1.82, 2.24) is 9.62 Å². The number of fused-ring (bicyclic) bond motifs is 1. The minimum Gasteiger partial charge on any atom is -0.495 e. The molecule has 2 amide bonds. The SMILES string of the molecule is COc1ccccc1NC(=O)NC[C@H]1CC[C@H]2[C@H](CN2S(=O)(=O)c2ccc(Cl)cc2)O1. The molecular weight excluding hydrogens is 442 g/mol. The monoisotopic (exact) mass is 465 g/mol. The summed E-state index contributed by atoms with van der Waals surface area (Å²) in [6.45, 7) is 0.647. The molecule has 4 rings (SSSR count).